The number of aromatic nitrogens is 1. The van der Waals surface area contributed by atoms with E-state index in [2.05, 4.69) is 55.7 Å². The van der Waals surface area contributed by atoms with E-state index in [4.69, 9.17) is 10.5 Å². The quantitative estimate of drug-likeness (QED) is 0.342. The van der Waals surface area contributed by atoms with E-state index >= 15 is 0 Å². The van der Waals surface area contributed by atoms with Gasteiger partial charge in [-0.3, -0.25) is 4.79 Å². The van der Waals surface area contributed by atoms with Crippen molar-refractivity contribution in [2.45, 2.75) is 27.3 Å². The second kappa shape index (κ2) is 8.38. The molecule has 0 saturated heterocycles. The maximum atomic E-state index is 12.3. The third-order valence-electron chi connectivity index (χ3n) is 6.64. The van der Waals surface area contributed by atoms with Crippen LogP contribution in [0.4, 0.5) is 0 Å². The lowest BCUT2D eigenvalue weighted by atomic mass is 9.99. The summed E-state index contributed by atoms with van der Waals surface area (Å²) in [7, 11) is 1.67. The SMILES string of the molecule is COc1ccc(-c2c[c]c3c4c(C(N)=O)cccc4n(Cc4c(C)cc(C)cc4C)c3c2)cc1. The van der Waals surface area contributed by atoms with Crippen molar-refractivity contribution < 1.29 is 9.53 Å². The minimum atomic E-state index is -0.431. The van der Waals surface area contributed by atoms with E-state index < -0.39 is 5.91 Å². The molecule has 1 amide bonds. The highest BCUT2D eigenvalue weighted by Gasteiger charge is 2.18. The molecule has 4 nitrogen and oxygen atoms in total. The Morgan fingerprint density at radius 3 is 2.29 bits per heavy atom. The Bertz CT molecular complexity index is 1540. The minimum Gasteiger partial charge on any atom is -0.497 e. The van der Waals surface area contributed by atoms with Crippen LogP contribution in [-0.4, -0.2) is 17.6 Å². The summed E-state index contributed by atoms with van der Waals surface area (Å²) in [4.78, 5) is 12.3. The molecule has 2 N–H and O–H groups in total. The smallest absolute Gasteiger partial charge is 0.249 e. The zero-order chi connectivity index (χ0) is 24.0. The number of rotatable bonds is 5. The predicted molar refractivity (Wildman–Crippen MR) is 139 cm³/mol. The molecule has 169 valence electrons. The third-order valence-corrected chi connectivity index (χ3v) is 6.64. The molecule has 4 heteroatoms. The Hall–Kier alpha value is -4.05. The molecule has 5 aromatic rings. The van der Waals surface area contributed by atoms with Gasteiger partial charge in [0, 0.05) is 22.9 Å². The fourth-order valence-corrected chi connectivity index (χ4v) is 5.00. The van der Waals surface area contributed by atoms with Crippen LogP contribution in [0.1, 0.15) is 32.6 Å². The summed E-state index contributed by atoms with van der Waals surface area (Å²) >= 11 is 0. The van der Waals surface area contributed by atoms with Gasteiger partial charge in [0.05, 0.1) is 18.1 Å². The van der Waals surface area contributed by atoms with Gasteiger partial charge in [-0.15, -0.1) is 0 Å². The zero-order valence-corrected chi connectivity index (χ0v) is 19.9. The van der Waals surface area contributed by atoms with Crippen molar-refractivity contribution in [2.75, 3.05) is 7.11 Å². The molecule has 0 fully saturated rings. The van der Waals surface area contributed by atoms with Gasteiger partial charge in [0.2, 0.25) is 5.91 Å². The number of aryl methyl sites for hydroxylation is 3. The van der Waals surface area contributed by atoms with E-state index in [1.807, 2.05) is 36.4 Å². The number of methoxy groups -OCH3 is 1. The van der Waals surface area contributed by atoms with Crippen LogP contribution in [0, 0.1) is 26.8 Å². The van der Waals surface area contributed by atoms with E-state index in [1.54, 1.807) is 13.2 Å². The molecule has 0 aliphatic rings. The number of nitrogens with zero attached hydrogens (tertiary/aromatic N) is 1. The summed E-state index contributed by atoms with van der Waals surface area (Å²) in [6.45, 7) is 7.14. The van der Waals surface area contributed by atoms with Gasteiger partial charge in [-0.1, -0.05) is 35.9 Å². The van der Waals surface area contributed by atoms with Gasteiger partial charge in [0.25, 0.3) is 0 Å². The van der Waals surface area contributed by atoms with Gasteiger partial charge in [-0.2, -0.15) is 0 Å². The summed E-state index contributed by atoms with van der Waals surface area (Å²) in [5.74, 6) is 0.388. The Labute approximate surface area is 199 Å². The first-order valence-corrected chi connectivity index (χ1v) is 11.3. The van der Waals surface area contributed by atoms with Crippen LogP contribution in [0.2, 0.25) is 0 Å². The topological polar surface area (TPSA) is 57.2 Å². The Morgan fingerprint density at radius 1 is 0.941 bits per heavy atom. The normalized spacial score (nSPS) is 11.3. The molecule has 0 atom stereocenters. The molecule has 0 spiro atoms. The average molecular weight is 448 g/mol. The highest BCUT2D eigenvalue weighted by atomic mass is 16.5. The maximum absolute atomic E-state index is 12.3. The molecular weight excluding hydrogens is 420 g/mol. The number of carbonyl (C=O) groups excluding carboxylic acids is 1. The lowest BCUT2D eigenvalue weighted by Gasteiger charge is -2.15. The van der Waals surface area contributed by atoms with Gasteiger partial charge >= 0.3 is 0 Å². The third kappa shape index (κ3) is 3.61. The molecular formula is C30H27N2O2. The van der Waals surface area contributed by atoms with Crippen molar-refractivity contribution in [1.82, 2.24) is 4.57 Å². The van der Waals surface area contributed by atoms with Crippen LogP contribution < -0.4 is 10.5 Å². The first-order chi connectivity index (χ1) is 16.4. The van der Waals surface area contributed by atoms with E-state index in [0.717, 1.165) is 38.7 Å². The number of primary amides is 1. The Morgan fingerprint density at radius 2 is 1.65 bits per heavy atom. The minimum absolute atomic E-state index is 0.431. The van der Waals surface area contributed by atoms with E-state index in [-0.39, 0.29) is 0 Å². The maximum Gasteiger partial charge on any atom is 0.249 e. The second-order valence-electron chi connectivity index (χ2n) is 8.90. The van der Waals surface area contributed by atoms with E-state index in [9.17, 15) is 4.79 Å². The van der Waals surface area contributed by atoms with Crippen molar-refractivity contribution in [2.24, 2.45) is 5.73 Å². The summed E-state index contributed by atoms with van der Waals surface area (Å²) in [6.07, 6.45) is 0. The fourth-order valence-electron chi connectivity index (χ4n) is 5.00. The summed E-state index contributed by atoms with van der Waals surface area (Å²) in [6, 6.07) is 25.8. The molecule has 0 aliphatic carbocycles. The molecule has 4 aromatic carbocycles. The van der Waals surface area contributed by atoms with Crippen molar-refractivity contribution in [1.29, 1.82) is 0 Å². The van der Waals surface area contributed by atoms with E-state index in [0.29, 0.717) is 12.1 Å². The molecule has 1 heterocycles. The van der Waals surface area contributed by atoms with Crippen LogP contribution in [-0.2, 0) is 6.54 Å². The number of ether oxygens (including phenoxy) is 1. The van der Waals surface area contributed by atoms with Crippen LogP contribution in [0.3, 0.4) is 0 Å². The van der Waals surface area contributed by atoms with Crippen molar-refractivity contribution >= 4 is 27.7 Å². The molecule has 0 aliphatic heterocycles. The summed E-state index contributed by atoms with van der Waals surface area (Å²) < 4.78 is 7.59. The number of carbonyl (C=O) groups is 1. The zero-order valence-electron chi connectivity index (χ0n) is 19.9. The van der Waals surface area contributed by atoms with Crippen LogP contribution in [0.15, 0.2) is 66.7 Å². The van der Waals surface area contributed by atoms with Crippen molar-refractivity contribution in [3.63, 3.8) is 0 Å². The van der Waals surface area contributed by atoms with Crippen LogP contribution in [0.25, 0.3) is 32.9 Å². The standard InChI is InChI=1S/C30H27N2O2/c1-18-14-19(2)26(20(3)15-18)17-32-27-7-5-6-25(30(31)33)29(27)24-13-10-22(16-28(24)32)21-8-11-23(34-4)12-9-21/h5-12,14-16H,17H2,1-4H3,(H2,31,33). The lowest BCUT2D eigenvalue weighted by molar-refractivity contribution is 0.100. The molecule has 1 aromatic heterocycles. The number of benzene rings is 4. The number of amides is 1. The van der Waals surface area contributed by atoms with E-state index in [1.165, 1.54) is 22.3 Å². The molecule has 0 bridgehead atoms. The monoisotopic (exact) mass is 447 g/mol. The highest BCUT2D eigenvalue weighted by molar-refractivity contribution is 6.18. The molecule has 5 rings (SSSR count). The van der Waals surface area contributed by atoms with Gasteiger partial charge in [-0.05, 0) is 91.1 Å². The fraction of sp³-hybridized carbons (Fsp3) is 0.167. The van der Waals surface area contributed by atoms with Crippen molar-refractivity contribution in [3.8, 4) is 16.9 Å². The highest BCUT2D eigenvalue weighted by Crippen LogP contribution is 2.35. The molecule has 1 radical (unpaired) electrons. The molecule has 0 unspecified atom stereocenters. The van der Waals surface area contributed by atoms with Crippen LogP contribution in [0.5, 0.6) is 5.75 Å². The van der Waals surface area contributed by atoms with Gasteiger partial charge < -0.3 is 15.0 Å². The Balaban J connectivity index is 1.78. The van der Waals surface area contributed by atoms with Gasteiger partial charge in [0.1, 0.15) is 5.75 Å². The molecule has 34 heavy (non-hydrogen) atoms. The summed E-state index contributed by atoms with van der Waals surface area (Å²) in [5.41, 5.74) is 15.5. The lowest BCUT2D eigenvalue weighted by Crippen LogP contribution is -2.11. The largest absolute Gasteiger partial charge is 0.497 e. The van der Waals surface area contributed by atoms with Crippen LogP contribution >= 0.6 is 0 Å². The Kier molecular flexibility index (Phi) is 5.37. The second-order valence-corrected chi connectivity index (χ2v) is 8.90. The van der Waals surface area contributed by atoms with Gasteiger partial charge in [0.15, 0.2) is 0 Å². The van der Waals surface area contributed by atoms with Gasteiger partial charge in [-0.25, -0.2) is 0 Å². The number of nitrogens with two attached hydrogens (primary N) is 1. The average Bonchev–Trinajstić information content (AvgIpc) is 3.14. The van der Waals surface area contributed by atoms with Crippen molar-refractivity contribution in [3.05, 3.63) is 101 Å². The first kappa shape index (κ1) is 21.8. The predicted octanol–water partition coefficient (Wildman–Crippen LogP) is 6.34. The molecule has 0 saturated carbocycles. The number of fused-ring (bicyclic) bond motifs is 3. The number of hydrogen-bond acceptors (Lipinski definition) is 2. The first-order valence-electron chi connectivity index (χ1n) is 11.3. The summed E-state index contributed by atoms with van der Waals surface area (Å²) in [5, 5.41) is 1.76. The number of hydrogen-bond donors (Lipinski definition) is 1.